The molecular weight excluding hydrogens is 306 g/mol. The molecular formula is C18H25N3O3. The van der Waals surface area contributed by atoms with E-state index in [9.17, 15) is 14.7 Å². The number of rotatable bonds is 4. The number of benzene rings is 1. The summed E-state index contributed by atoms with van der Waals surface area (Å²) in [6, 6.07) is 8.41. The van der Waals surface area contributed by atoms with Crippen LogP contribution in [0.2, 0.25) is 0 Å². The molecule has 0 bridgehead atoms. The molecule has 2 aliphatic heterocycles. The Labute approximate surface area is 142 Å². The first kappa shape index (κ1) is 16.6. The fourth-order valence-electron chi connectivity index (χ4n) is 3.59. The molecule has 6 nitrogen and oxygen atoms in total. The summed E-state index contributed by atoms with van der Waals surface area (Å²) in [6.45, 7) is 6.09. The van der Waals surface area contributed by atoms with Crippen molar-refractivity contribution in [1.29, 1.82) is 0 Å². The lowest BCUT2D eigenvalue weighted by Crippen LogP contribution is -2.46. The van der Waals surface area contributed by atoms with E-state index in [2.05, 4.69) is 35.3 Å². The lowest BCUT2D eigenvalue weighted by molar-refractivity contribution is -0.146. The molecule has 130 valence electrons. The molecule has 6 heteroatoms. The van der Waals surface area contributed by atoms with Gasteiger partial charge in [0, 0.05) is 37.9 Å². The second-order valence-electron chi connectivity index (χ2n) is 7.14. The molecule has 2 N–H and O–H groups in total. The third-order valence-electron chi connectivity index (χ3n) is 5.28. The Morgan fingerprint density at radius 2 is 2.08 bits per heavy atom. The normalized spacial score (nSPS) is 23.9. The maximum Gasteiger partial charge on any atom is 0.317 e. The molecule has 2 atom stereocenters. The average Bonchev–Trinajstić information content (AvgIpc) is 3.17. The standard InChI is InChI=1S/C18H25N3O3/c1-13(21-9-7-14-5-3-4-6-15(14)21)11-19-17(24)20-10-8-18(2,12-20)16(22)23/h3-6,13H,7-12H2,1-2H3,(H,19,24)(H,22,23). The van der Waals surface area contributed by atoms with Gasteiger partial charge < -0.3 is 20.2 Å². The number of carbonyl (C=O) groups excluding carboxylic acids is 1. The predicted molar refractivity (Wildman–Crippen MR) is 92.3 cm³/mol. The number of carbonyl (C=O) groups is 2. The van der Waals surface area contributed by atoms with Crippen LogP contribution in [0.25, 0.3) is 0 Å². The van der Waals surface area contributed by atoms with E-state index in [1.54, 1.807) is 11.8 Å². The number of para-hydroxylation sites is 1. The van der Waals surface area contributed by atoms with Gasteiger partial charge in [0.25, 0.3) is 0 Å². The third kappa shape index (κ3) is 3.05. The molecule has 1 aromatic rings. The fraction of sp³-hybridized carbons (Fsp3) is 0.556. The monoisotopic (exact) mass is 331 g/mol. The number of carboxylic acid groups (broad SMARTS) is 1. The number of fused-ring (bicyclic) bond motifs is 1. The van der Waals surface area contributed by atoms with E-state index < -0.39 is 11.4 Å². The number of hydrogen-bond acceptors (Lipinski definition) is 3. The molecule has 24 heavy (non-hydrogen) atoms. The van der Waals surface area contributed by atoms with Crippen molar-refractivity contribution in [3.8, 4) is 0 Å². The van der Waals surface area contributed by atoms with E-state index in [4.69, 9.17) is 0 Å². The zero-order valence-electron chi connectivity index (χ0n) is 14.3. The third-order valence-corrected chi connectivity index (χ3v) is 5.28. The number of aliphatic carboxylic acids is 1. The number of nitrogens with zero attached hydrogens (tertiary/aromatic N) is 2. The second kappa shape index (κ2) is 6.34. The summed E-state index contributed by atoms with van der Waals surface area (Å²) in [7, 11) is 0. The van der Waals surface area contributed by atoms with Gasteiger partial charge in [0.2, 0.25) is 0 Å². The van der Waals surface area contributed by atoms with Gasteiger partial charge in [-0.25, -0.2) is 4.79 Å². The van der Waals surface area contributed by atoms with Gasteiger partial charge in [0.1, 0.15) is 0 Å². The number of anilines is 1. The van der Waals surface area contributed by atoms with E-state index in [1.807, 2.05) is 6.07 Å². The van der Waals surface area contributed by atoms with Crippen molar-refractivity contribution >= 4 is 17.7 Å². The first-order chi connectivity index (χ1) is 11.4. The summed E-state index contributed by atoms with van der Waals surface area (Å²) in [5.41, 5.74) is 1.78. The lowest BCUT2D eigenvalue weighted by atomic mass is 9.90. The van der Waals surface area contributed by atoms with Crippen molar-refractivity contribution in [2.45, 2.75) is 32.7 Å². The highest BCUT2D eigenvalue weighted by Crippen LogP contribution is 2.30. The van der Waals surface area contributed by atoms with Gasteiger partial charge in [-0.1, -0.05) is 18.2 Å². The summed E-state index contributed by atoms with van der Waals surface area (Å²) >= 11 is 0. The summed E-state index contributed by atoms with van der Waals surface area (Å²) < 4.78 is 0. The first-order valence-electron chi connectivity index (χ1n) is 8.51. The molecule has 0 aromatic heterocycles. The predicted octanol–water partition coefficient (Wildman–Crippen LogP) is 1.94. The van der Waals surface area contributed by atoms with Crippen LogP contribution in [0.4, 0.5) is 10.5 Å². The van der Waals surface area contributed by atoms with Crippen molar-refractivity contribution in [2.75, 3.05) is 31.1 Å². The molecule has 1 fully saturated rings. The summed E-state index contributed by atoms with van der Waals surface area (Å²) in [5, 5.41) is 12.2. The zero-order valence-corrected chi connectivity index (χ0v) is 14.3. The maximum absolute atomic E-state index is 12.3. The summed E-state index contributed by atoms with van der Waals surface area (Å²) in [6.07, 6.45) is 1.54. The summed E-state index contributed by atoms with van der Waals surface area (Å²) in [4.78, 5) is 27.5. The molecule has 2 aliphatic rings. The second-order valence-corrected chi connectivity index (χ2v) is 7.14. The number of carboxylic acids is 1. The highest BCUT2D eigenvalue weighted by atomic mass is 16.4. The largest absolute Gasteiger partial charge is 0.481 e. The highest BCUT2D eigenvalue weighted by Gasteiger charge is 2.42. The van der Waals surface area contributed by atoms with Crippen molar-refractivity contribution in [2.24, 2.45) is 5.41 Å². The molecule has 2 unspecified atom stereocenters. The van der Waals surface area contributed by atoms with E-state index in [-0.39, 0.29) is 18.6 Å². The van der Waals surface area contributed by atoms with Gasteiger partial charge in [-0.15, -0.1) is 0 Å². The van der Waals surface area contributed by atoms with Gasteiger partial charge in [0.05, 0.1) is 5.41 Å². The number of amides is 2. The Hall–Kier alpha value is -2.24. The Kier molecular flexibility index (Phi) is 4.39. The fourth-order valence-corrected chi connectivity index (χ4v) is 3.59. The van der Waals surface area contributed by atoms with E-state index >= 15 is 0 Å². The van der Waals surface area contributed by atoms with Gasteiger partial charge in [-0.2, -0.15) is 0 Å². The topological polar surface area (TPSA) is 72.9 Å². The van der Waals surface area contributed by atoms with E-state index in [0.29, 0.717) is 19.5 Å². The number of urea groups is 1. The van der Waals surface area contributed by atoms with Crippen LogP contribution in [0.5, 0.6) is 0 Å². The number of nitrogens with one attached hydrogen (secondary N) is 1. The summed E-state index contributed by atoms with van der Waals surface area (Å²) in [5.74, 6) is -0.833. The molecule has 2 amide bonds. The van der Waals surface area contributed by atoms with Crippen LogP contribution in [0.1, 0.15) is 25.8 Å². The molecule has 1 aromatic carbocycles. The van der Waals surface area contributed by atoms with Gasteiger partial charge >= 0.3 is 12.0 Å². The van der Waals surface area contributed by atoms with Gasteiger partial charge in [-0.3, -0.25) is 4.79 Å². The van der Waals surface area contributed by atoms with Crippen molar-refractivity contribution in [1.82, 2.24) is 10.2 Å². The Morgan fingerprint density at radius 3 is 2.79 bits per heavy atom. The molecule has 0 aliphatic carbocycles. The van der Waals surface area contributed by atoms with Gasteiger partial charge in [-0.05, 0) is 38.3 Å². The number of hydrogen-bond donors (Lipinski definition) is 2. The smallest absolute Gasteiger partial charge is 0.317 e. The van der Waals surface area contributed by atoms with Crippen LogP contribution in [0.3, 0.4) is 0 Å². The molecule has 1 saturated heterocycles. The van der Waals surface area contributed by atoms with Crippen molar-refractivity contribution < 1.29 is 14.7 Å². The van der Waals surface area contributed by atoms with Crippen LogP contribution in [-0.2, 0) is 11.2 Å². The molecule has 3 rings (SSSR count). The highest BCUT2D eigenvalue weighted by molar-refractivity contribution is 5.79. The van der Waals surface area contributed by atoms with E-state index in [1.165, 1.54) is 11.3 Å². The zero-order chi connectivity index (χ0) is 17.3. The van der Waals surface area contributed by atoms with E-state index in [0.717, 1.165) is 13.0 Å². The van der Waals surface area contributed by atoms with Crippen molar-refractivity contribution in [3.05, 3.63) is 29.8 Å². The quantitative estimate of drug-likeness (QED) is 0.884. The minimum absolute atomic E-state index is 0.167. The van der Waals surface area contributed by atoms with Crippen molar-refractivity contribution in [3.63, 3.8) is 0 Å². The Bertz CT molecular complexity index is 648. The van der Waals surface area contributed by atoms with Crippen LogP contribution in [0.15, 0.2) is 24.3 Å². The molecule has 2 heterocycles. The minimum Gasteiger partial charge on any atom is -0.481 e. The minimum atomic E-state index is -0.833. The molecule has 0 spiro atoms. The SMILES string of the molecule is CC(CNC(=O)N1CCC(C)(C(=O)O)C1)N1CCc2ccccc21. The first-order valence-corrected chi connectivity index (χ1v) is 8.51. The lowest BCUT2D eigenvalue weighted by Gasteiger charge is -2.28. The molecule has 0 saturated carbocycles. The van der Waals surface area contributed by atoms with Crippen LogP contribution in [0, 0.1) is 5.41 Å². The van der Waals surface area contributed by atoms with Crippen LogP contribution >= 0.6 is 0 Å². The Balaban J connectivity index is 1.53. The molecule has 0 radical (unpaired) electrons. The van der Waals surface area contributed by atoms with Crippen LogP contribution in [-0.4, -0.2) is 54.2 Å². The Morgan fingerprint density at radius 1 is 1.33 bits per heavy atom. The maximum atomic E-state index is 12.3. The van der Waals surface area contributed by atoms with Crippen LogP contribution < -0.4 is 10.2 Å². The number of likely N-dealkylation sites (tertiary alicyclic amines) is 1. The average molecular weight is 331 g/mol. The van der Waals surface area contributed by atoms with Gasteiger partial charge in [0.15, 0.2) is 0 Å².